The Kier molecular flexibility index (Phi) is 20.1. The molecule has 1 N–H and O–H groups in total. The van der Waals surface area contributed by atoms with Crippen LogP contribution in [0.15, 0.2) is 0 Å². The summed E-state index contributed by atoms with van der Waals surface area (Å²) in [6.07, 6.45) is 0.750. The number of aliphatic hydroxyl groups excluding tert-OH is 1. The van der Waals surface area contributed by atoms with Crippen molar-refractivity contribution >= 4 is 51.4 Å². The quantitative estimate of drug-likeness (QED) is 0.316. The molecule has 0 saturated heterocycles. The number of rotatable bonds is 0. The minimum atomic E-state index is 0. The van der Waals surface area contributed by atoms with E-state index in [4.69, 9.17) is 10.4 Å². The van der Waals surface area contributed by atoms with E-state index in [1.54, 1.807) is 0 Å². The summed E-state index contributed by atoms with van der Waals surface area (Å²) in [5.74, 6) is 0. The van der Waals surface area contributed by atoms with E-state index in [1.165, 1.54) is 0 Å². The van der Waals surface area contributed by atoms with Crippen LogP contribution in [0.1, 0.15) is 0 Å². The third kappa shape index (κ3) is 12.7. The minimum Gasteiger partial charge on any atom is -0.443 e. The Morgan fingerprint density at radius 3 is 1.75 bits per heavy atom. The van der Waals surface area contributed by atoms with Crippen LogP contribution in [0.3, 0.4) is 0 Å². The second kappa shape index (κ2) is 9.06. The molecule has 0 amide bonds. The summed E-state index contributed by atoms with van der Waals surface area (Å²) in [5, 5.41) is 13.8. The van der Waals surface area contributed by atoms with E-state index in [1.807, 2.05) is 0 Å². The van der Waals surface area contributed by atoms with Gasteiger partial charge in [-0.3, -0.25) is 0 Å². The number of hydrogen-bond donors (Lipinski definition) is 1. The van der Waals surface area contributed by atoms with Crippen molar-refractivity contribution in [3.8, 4) is 6.26 Å². The van der Waals surface area contributed by atoms with Crippen LogP contribution < -0.4 is 0 Å². The molecule has 0 aromatic heterocycles. The van der Waals surface area contributed by atoms with Crippen molar-refractivity contribution in [2.75, 3.05) is 0 Å². The Morgan fingerprint density at radius 1 is 1.75 bits per heavy atom. The molecule has 4 heavy (non-hydrogen) atoms. The first-order chi connectivity index (χ1) is 1.41. The summed E-state index contributed by atoms with van der Waals surface area (Å²) in [5.41, 5.74) is 0. The van der Waals surface area contributed by atoms with Gasteiger partial charge in [-0.25, -0.2) is 0 Å². The van der Waals surface area contributed by atoms with Crippen LogP contribution >= 0.6 is 0 Å². The van der Waals surface area contributed by atoms with Crippen LogP contribution in [-0.4, -0.2) is 56.5 Å². The molecule has 0 aromatic rings. The second-order valence-corrected chi connectivity index (χ2v) is 0.100. The maximum atomic E-state index is 6.88. The molecule has 0 fully saturated rings. The fourth-order valence-corrected chi connectivity index (χ4v) is 0. The number of nitriles is 1. The zero-order chi connectivity index (χ0) is 2.71. The van der Waals surface area contributed by atoms with Crippen molar-refractivity contribution in [2.45, 2.75) is 0 Å². The number of hydrogen-bond acceptors (Lipinski definition) is 2. The SMILES string of the molecule is N#[14C]O.[K]. The van der Waals surface area contributed by atoms with E-state index in [9.17, 15) is 0 Å². The normalized spacial score (nSPS) is 1.75. The average molecular weight is 84.1 g/mol. The van der Waals surface area contributed by atoms with Gasteiger partial charge in [-0.05, 0) is 0 Å². The zero-order valence-corrected chi connectivity index (χ0v) is 5.52. The molecule has 0 spiro atoms. The zero-order valence-electron chi connectivity index (χ0n) is 2.39. The standard InChI is InChI=1S/CHNO.K/c2-1-3;/h3H;/i1+2;. The van der Waals surface area contributed by atoms with Crippen molar-refractivity contribution in [1.82, 2.24) is 0 Å². The Balaban J connectivity index is 0. The van der Waals surface area contributed by atoms with E-state index in [0.717, 1.165) is 6.26 Å². The largest absolute Gasteiger partial charge is 0.443 e. The molecule has 1 radical (unpaired) electrons. The van der Waals surface area contributed by atoms with Crippen LogP contribution in [0.5, 0.6) is 0 Å². The molecule has 0 heterocycles. The van der Waals surface area contributed by atoms with Gasteiger partial charge < -0.3 is 5.11 Å². The van der Waals surface area contributed by atoms with Crippen molar-refractivity contribution in [3.05, 3.63) is 0 Å². The maximum Gasteiger partial charge on any atom is 0.283 e. The van der Waals surface area contributed by atoms with Crippen LogP contribution in [0.25, 0.3) is 0 Å². The van der Waals surface area contributed by atoms with E-state index in [0.29, 0.717) is 0 Å². The summed E-state index contributed by atoms with van der Waals surface area (Å²) in [4.78, 5) is 0. The van der Waals surface area contributed by atoms with Gasteiger partial charge in [0.25, 0.3) is 6.26 Å². The van der Waals surface area contributed by atoms with Gasteiger partial charge in [-0.2, -0.15) is 5.26 Å². The molecule has 0 bridgehead atoms. The monoisotopic (exact) mass is 84.0 g/mol. The third-order valence-corrected chi connectivity index (χ3v) is 0. The molecule has 0 rings (SSSR count). The maximum absolute atomic E-state index is 6.88. The molecule has 0 atom stereocenters. The summed E-state index contributed by atoms with van der Waals surface area (Å²) in [6.45, 7) is 0. The fraction of sp³-hybridized carbons (Fsp3) is 0. The molecule has 0 aliphatic rings. The topological polar surface area (TPSA) is 44.0 Å². The predicted octanol–water partition coefficient (Wildman–Crippen LogP) is -0.541. The van der Waals surface area contributed by atoms with Crippen molar-refractivity contribution in [2.24, 2.45) is 0 Å². The Hall–Kier alpha value is 0.926. The fourth-order valence-electron chi connectivity index (χ4n) is 0. The first kappa shape index (κ1) is 8.87. The molecule has 0 aromatic carbocycles. The van der Waals surface area contributed by atoms with Gasteiger partial charge in [0.2, 0.25) is 0 Å². The van der Waals surface area contributed by atoms with Gasteiger partial charge in [-0.1, -0.05) is 0 Å². The van der Waals surface area contributed by atoms with Crippen LogP contribution in [0.2, 0.25) is 0 Å². The van der Waals surface area contributed by atoms with Crippen LogP contribution in [0, 0.1) is 11.5 Å². The smallest absolute Gasteiger partial charge is 0.283 e. The van der Waals surface area contributed by atoms with Crippen molar-refractivity contribution in [1.29, 1.82) is 5.26 Å². The van der Waals surface area contributed by atoms with Gasteiger partial charge in [0.05, 0.1) is 0 Å². The van der Waals surface area contributed by atoms with Gasteiger partial charge in [0, 0.05) is 51.4 Å². The average Bonchev–Trinajstić information content (AvgIpc) is 0.918. The molecule has 0 aliphatic heterocycles. The van der Waals surface area contributed by atoms with E-state index in [-0.39, 0.29) is 51.4 Å². The van der Waals surface area contributed by atoms with Gasteiger partial charge in [0.15, 0.2) is 0 Å². The van der Waals surface area contributed by atoms with E-state index >= 15 is 0 Å². The summed E-state index contributed by atoms with van der Waals surface area (Å²) >= 11 is 0. The summed E-state index contributed by atoms with van der Waals surface area (Å²) < 4.78 is 0. The third-order valence-electron chi connectivity index (χ3n) is 0. The number of aliphatic hydroxyl groups is 1. The van der Waals surface area contributed by atoms with E-state index < -0.39 is 0 Å². The van der Waals surface area contributed by atoms with Crippen LogP contribution in [-0.2, 0) is 0 Å². The van der Waals surface area contributed by atoms with Gasteiger partial charge >= 0.3 is 0 Å². The molecule has 0 saturated carbocycles. The molecule has 3 heteroatoms. The molecular weight excluding hydrogens is 83.1 g/mol. The molecule has 0 unspecified atom stereocenters. The van der Waals surface area contributed by atoms with Crippen molar-refractivity contribution in [3.63, 3.8) is 0 Å². The molecule has 2 nitrogen and oxygen atoms in total. The molecular formula is CHKNO. The Labute approximate surface area is 66.8 Å². The molecule has 0 aliphatic carbocycles. The molecule has 17 valence electrons. The first-order valence-electron chi connectivity index (χ1n) is 0.447. The van der Waals surface area contributed by atoms with Crippen LogP contribution in [0.4, 0.5) is 0 Å². The van der Waals surface area contributed by atoms with Gasteiger partial charge in [-0.15, -0.1) is 0 Å². The Morgan fingerprint density at radius 2 is 1.75 bits per heavy atom. The van der Waals surface area contributed by atoms with Crippen molar-refractivity contribution < 1.29 is 5.11 Å². The second-order valence-electron chi connectivity index (χ2n) is 0.100. The minimum absolute atomic E-state index is 0. The summed E-state index contributed by atoms with van der Waals surface area (Å²) in [6, 6.07) is 0. The summed E-state index contributed by atoms with van der Waals surface area (Å²) in [7, 11) is 0. The van der Waals surface area contributed by atoms with E-state index in [2.05, 4.69) is 0 Å². The Bertz CT molecular complexity index is 29.5. The van der Waals surface area contributed by atoms with Gasteiger partial charge in [0.1, 0.15) is 0 Å². The predicted molar refractivity (Wildman–Crippen MR) is 13.3 cm³/mol. The first-order valence-corrected chi connectivity index (χ1v) is 0.447. The number of nitrogens with zero attached hydrogens (tertiary/aromatic N) is 1.